The SMILES string of the molecule is CCNc1nc(NCCC2CCNCC2)cc(-c2cccc(OC(F)(F)F)c2)n1. The van der Waals surface area contributed by atoms with Crippen LogP contribution in [0.15, 0.2) is 30.3 Å². The summed E-state index contributed by atoms with van der Waals surface area (Å²) in [7, 11) is 0. The van der Waals surface area contributed by atoms with Gasteiger partial charge < -0.3 is 20.7 Å². The van der Waals surface area contributed by atoms with Gasteiger partial charge in [-0.2, -0.15) is 4.98 Å². The molecule has 1 saturated heterocycles. The van der Waals surface area contributed by atoms with Crippen LogP contribution in [0, 0.1) is 5.92 Å². The summed E-state index contributed by atoms with van der Waals surface area (Å²) in [6.45, 7) is 5.46. The van der Waals surface area contributed by atoms with Crippen LogP contribution in [0.2, 0.25) is 0 Å². The van der Waals surface area contributed by atoms with Crippen molar-refractivity contribution in [3.05, 3.63) is 30.3 Å². The highest BCUT2D eigenvalue weighted by Crippen LogP contribution is 2.28. The molecule has 158 valence electrons. The Morgan fingerprint density at radius 2 is 1.93 bits per heavy atom. The molecule has 1 aromatic heterocycles. The molecule has 1 aliphatic heterocycles. The Kier molecular flexibility index (Phi) is 7.13. The molecule has 1 aromatic carbocycles. The zero-order valence-electron chi connectivity index (χ0n) is 16.4. The molecule has 0 atom stereocenters. The van der Waals surface area contributed by atoms with Crippen molar-refractivity contribution in [2.75, 3.05) is 36.8 Å². The van der Waals surface area contributed by atoms with Crippen LogP contribution in [0.25, 0.3) is 11.3 Å². The molecule has 9 heteroatoms. The van der Waals surface area contributed by atoms with E-state index in [0.29, 0.717) is 35.5 Å². The van der Waals surface area contributed by atoms with Crippen LogP contribution in [0.4, 0.5) is 24.9 Å². The summed E-state index contributed by atoms with van der Waals surface area (Å²) in [5.41, 5.74) is 1.04. The first-order valence-electron chi connectivity index (χ1n) is 9.86. The Morgan fingerprint density at radius 1 is 1.14 bits per heavy atom. The van der Waals surface area contributed by atoms with Crippen molar-refractivity contribution in [1.82, 2.24) is 15.3 Å². The van der Waals surface area contributed by atoms with Crippen LogP contribution in [0.5, 0.6) is 5.75 Å². The fourth-order valence-corrected chi connectivity index (χ4v) is 3.35. The van der Waals surface area contributed by atoms with Gasteiger partial charge in [-0.1, -0.05) is 12.1 Å². The van der Waals surface area contributed by atoms with Crippen molar-refractivity contribution in [3.8, 4) is 17.0 Å². The highest BCUT2D eigenvalue weighted by molar-refractivity contribution is 5.65. The number of rotatable bonds is 8. The maximum absolute atomic E-state index is 12.5. The maximum Gasteiger partial charge on any atom is 0.573 e. The van der Waals surface area contributed by atoms with Crippen LogP contribution >= 0.6 is 0 Å². The first-order chi connectivity index (χ1) is 13.9. The Labute approximate surface area is 168 Å². The van der Waals surface area contributed by atoms with Crippen molar-refractivity contribution in [2.45, 2.75) is 32.5 Å². The lowest BCUT2D eigenvalue weighted by Crippen LogP contribution is -2.28. The normalized spacial score (nSPS) is 15.2. The summed E-state index contributed by atoms with van der Waals surface area (Å²) in [4.78, 5) is 8.88. The van der Waals surface area contributed by atoms with E-state index in [9.17, 15) is 13.2 Å². The van der Waals surface area contributed by atoms with Crippen LogP contribution in [0.3, 0.4) is 0 Å². The second-order valence-corrected chi connectivity index (χ2v) is 6.98. The number of piperidine rings is 1. The van der Waals surface area contributed by atoms with Gasteiger partial charge in [0.05, 0.1) is 5.69 Å². The van der Waals surface area contributed by atoms with E-state index in [-0.39, 0.29) is 5.75 Å². The third-order valence-electron chi connectivity index (χ3n) is 4.74. The number of nitrogens with zero attached hydrogens (tertiary/aromatic N) is 2. The minimum atomic E-state index is -4.74. The molecule has 1 fully saturated rings. The molecule has 2 heterocycles. The molecule has 0 bridgehead atoms. The number of alkyl halides is 3. The first kappa shape index (κ1) is 21.2. The summed E-state index contributed by atoms with van der Waals surface area (Å²) in [5, 5.41) is 9.76. The zero-order chi connectivity index (χ0) is 20.7. The fraction of sp³-hybridized carbons (Fsp3) is 0.500. The van der Waals surface area contributed by atoms with Gasteiger partial charge >= 0.3 is 6.36 Å². The fourth-order valence-electron chi connectivity index (χ4n) is 3.35. The maximum atomic E-state index is 12.5. The number of hydrogen-bond donors (Lipinski definition) is 3. The summed E-state index contributed by atoms with van der Waals surface area (Å²) in [6.07, 6.45) is -1.34. The molecule has 2 aromatic rings. The number of anilines is 2. The molecule has 0 aliphatic carbocycles. The van der Waals surface area contributed by atoms with Gasteiger partial charge in [-0.15, -0.1) is 13.2 Å². The average molecular weight is 409 g/mol. The molecule has 0 spiro atoms. The van der Waals surface area contributed by atoms with Gasteiger partial charge in [-0.25, -0.2) is 4.98 Å². The van der Waals surface area contributed by atoms with Crippen molar-refractivity contribution >= 4 is 11.8 Å². The van der Waals surface area contributed by atoms with Gasteiger partial charge in [0.25, 0.3) is 0 Å². The van der Waals surface area contributed by atoms with Crippen LogP contribution in [-0.4, -0.2) is 42.5 Å². The molecular formula is C20H26F3N5O. The standard InChI is InChI=1S/C20H26F3N5O/c1-2-25-19-27-17(15-4-3-5-16(12-15)29-20(21,22)23)13-18(28-19)26-11-8-14-6-9-24-10-7-14/h3-5,12-14,24H,2,6-11H2,1H3,(H2,25,26,27,28). The van der Waals surface area contributed by atoms with E-state index in [0.717, 1.165) is 26.1 Å². The van der Waals surface area contributed by atoms with E-state index in [1.807, 2.05) is 6.92 Å². The first-order valence-corrected chi connectivity index (χ1v) is 9.86. The number of halogens is 3. The number of nitrogens with one attached hydrogen (secondary N) is 3. The molecule has 29 heavy (non-hydrogen) atoms. The molecule has 3 N–H and O–H groups in total. The van der Waals surface area contributed by atoms with Crippen LogP contribution in [-0.2, 0) is 0 Å². The minimum Gasteiger partial charge on any atom is -0.406 e. The zero-order valence-corrected chi connectivity index (χ0v) is 16.4. The minimum absolute atomic E-state index is 0.279. The molecule has 1 aliphatic rings. The molecule has 0 radical (unpaired) electrons. The number of aromatic nitrogens is 2. The number of benzene rings is 1. The van der Waals surface area contributed by atoms with Gasteiger partial charge in [0.2, 0.25) is 5.95 Å². The summed E-state index contributed by atoms with van der Waals surface area (Å²) < 4.78 is 41.6. The Hall–Kier alpha value is -2.55. The third kappa shape index (κ3) is 6.77. The molecule has 0 amide bonds. The van der Waals surface area contributed by atoms with E-state index in [4.69, 9.17) is 0 Å². The number of hydrogen-bond acceptors (Lipinski definition) is 6. The van der Waals surface area contributed by atoms with Crippen molar-refractivity contribution in [1.29, 1.82) is 0 Å². The smallest absolute Gasteiger partial charge is 0.406 e. The predicted octanol–water partition coefficient (Wildman–Crippen LogP) is 4.28. The molecule has 3 rings (SSSR count). The van der Waals surface area contributed by atoms with E-state index in [2.05, 4.69) is 30.7 Å². The van der Waals surface area contributed by atoms with Crippen molar-refractivity contribution in [2.24, 2.45) is 5.92 Å². The summed E-state index contributed by atoms with van der Waals surface area (Å²) in [5.74, 6) is 1.48. The Bertz CT molecular complexity index is 794. The van der Waals surface area contributed by atoms with E-state index >= 15 is 0 Å². The summed E-state index contributed by atoms with van der Waals surface area (Å²) in [6, 6.07) is 7.54. The lowest BCUT2D eigenvalue weighted by Gasteiger charge is -2.22. The predicted molar refractivity (Wildman–Crippen MR) is 107 cm³/mol. The molecule has 6 nitrogen and oxygen atoms in total. The van der Waals surface area contributed by atoms with Crippen molar-refractivity contribution < 1.29 is 17.9 Å². The van der Waals surface area contributed by atoms with Crippen LogP contribution in [0.1, 0.15) is 26.2 Å². The summed E-state index contributed by atoms with van der Waals surface area (Å²) >= 11 is 0. The monoisotopic (exact) mass is 409 g/mol. The largest absolute Gasteiger partial charge is 0.573 e. The van der Waals surface area contributed by atoms with E-state index in [1.54, 1.807) is 12.1 Å². The highest BCUT2D eigenvalue weighted by Gasteiger charge is 2.31. The van der Waals surface area contributed by atoms with Gasteiger partial charge in [-0.05, 0) is 57.3 Å². The second-order valence-electron chi connectivity index (χ2n) is 6.98. The molecular weight excluding hydrogens is 383 g/mol. The van der Waals surface area contributed by atoms with Gasteiger partial charge in [0, 0.05) is 24.7 Å². The molecule has 0 unspecified atom stereocenters. The Balaban J connectivity index is 1.74. The quantitative estimate of drug-likeness (QED) is 0.605. The van der Waals surface area contributed by atoms with Crippen molar-refractivity contribution in [3.63, 3.8) is 0 Å². The van der Waals surface area contributed by atoms with Gasteiger partial charge in [0.1, 0.15) is 11.6 Å². The number of ether oxygens (including phenoxy) is 1. The lowest BCUT2D eigenvalue weighted by molar-refractivity contribution is -0.274. The second kappa shape index (κ2) is 9.78. The van der Waals surface area contributed by atoms with E-state index in [1.165, 1.54) is 31.0 Å². The highest BCUT2D eigenvalue weighted by atomic mass is 19.4. The van der Waals surface area contributed by atoms with Gasteiger partial charge in [-0.3, -0.25) is 0 Å². The van der Waals surface area contributed by atoms with Crippen LogP contribution < -0.4 is 20.7 Å². The van der Waals surface area contributed by atoms with E-state index < -0.39 is 6.36 Å². The topological polar surface area (TPSA) is 71.1 Å². The third-order valence-corrected chi connectivity index (χ3v) is 4.74. The molecule has 0 saturated carbocycles. The lowest BCUT2D eigenvalue weighted by atomic mass is 9.95. The van der Waals surface area contributed by atoms with Gasteiger partial charge in [0.15, 0.2) is 0 Å². The Morgan fingerprint density at radius 3 is 2.66 bits per heavy atom. The average Bonchev–Trinajstić information content (AvgIpc) is 2.68.